The van der Waals surface area contributed by atoms with Gasteiger partial charge in [0.2, 0.25) is 0 Å². The van der Waals surface area contributed by atoms with Crippen LogP contribution >= 0.6 is 11.3 Å². The summed E-state index contributed by atoms with van der Waals surface area (Å²) in [6.07, 6.45) is 0. The fourth-order valence-electron chi connectivity index (χ4n) is 3.36. The lowest BCUT2D eigenvalue weighted by molar-refractivity contribution is 0.0516. The molecule has 0 atom stereocenters. The second-order valence-corrected chi connectivity index (χ2v) is 7.21. The zero-order valence-corrected chi connectivity index (χ0v) is 15.8. The normalized spacial score (nSPS) is 11.0. The number of nitrogen functional groups attached to an aromatic ring is 1. The topological polar surface area (TPSA) is 57.2 Å². The van der Waals surface area contributed by atoms with E-state index in [-0.39, 0.29) is 5.97 Å². The van der Waals surface area contributed by atoms with Gasteiger partial charge in [0.05, 0.1) is 6.61 Å². The summed E-state index contributed by atoms with van der Waals surface area (Å²) in [6.45, 7) is 2.74. The first kappa shape index (κ1) is 17.4. The summed E-state index contributed by atoms with van der Waals surface area (Å²) >= 11 is 1.62. The highest BCUT2D eigenvalue weighted by atomic mass is 32.1. The van der Waals surface area contributed by atoms with Crippen LogP contribution in [0.4, 0.5) is 5.69 Å². The molecule has 0 aliphatic rings. The Morgan fingerprint density at radius 2 is 1.85 bits per heavy atom. The Kier molecular flexibility index (Phi) is 4.69. The van der Waals surface area contributed by atoms with Crippen LogP contribution in [0.5, 0.6) is 0 Å². The van der Waals surface area contributed by atoms with E-state index in [1.54, 1.807) is 11.3 Å². The molecule has 136 valence electrons. The minimum absolute atomic E-state index is 0.299. The molecular weight excluding hydrogens is 356 g/mol. The Balaban J connectivity index is 1.97. The smallest absolute Gasteiger partial charge is 0.355 e. The van der Waals surface area contributed by atoms with Crippen LogP contribution in [-0.4, -0.2) is 17.1 Å². The maximum absolute atomic E-state index is 12.9. The van der Waals surface area contributed by atoms with Gasteiger partial charge in [-0.05, 0) is 42.1 Å². The molecule has 0 aliphatic heterocycles. The van der Waals surface area contributed by atoms with E-state index in [2.05, 4.69) is 6.07 Å². The molecule has 2 aromatic heterocycles. The van der Waals surface area contributed by atoms with Gasteiger partial charge in [0, 0.05) is 33.6 Å². The van der Waals surface area contributed by atoms with Crippen LogP contribution in [-0.2, 0) is 11.3 Å². The van der Waals surface area contributed by atoms with Gasteiger partial charge in [0.25, 0.3) is 0 Å². The predicted molar refractivity (Wildman–Crippen MR) is 111 cm³/mol. The van der Waals surface area contributed by atoms with E-state index in [4.69, 9.17) is 10.5 Å². The first-order valence-electron chi connectivity index (χ1n) is 8.85. The summed E-state index contributed by atoms with van der Waals surface area (Å²) in [4.78, 5) is 14.0. The Morgan fingerprint density at radius 3 is 2.56 bits per heavy atom. The van der Waals surface area contributed by atoms with Gasteiger partial charge < -0.3 is 15.0 Å². The molecule has 0 amide bonds. The molecule has 2 aromatic carbocycles. The molecular formula is C22H20N2O2S. The number of hydrogen-bond donors (Lipinski definition) is 1. The van der Waals surface area contributed by atoms with Crippen molar-refractivity contribution in [2.75, 3.05) is 12.3 Å². The van der Waals surface area contributed by atoms with Gasteiger partial charge in [-0.2, -0.15) is 0 Å². The summed E-state index contributed by atoms with van der Waals surface area (Å²) in [5.74, 6) is -0.299. The van der Waals surface area contributed by atoms with Gasteiger partial charge in [-0.1, -0.05) is 36.4 Å². The van der Waals surface area contributed by atoms with E-state index in [1.807, 2.05) is 71.5 Å². The summed E-state index contributed by atoms with van der Waals surface area (Å²) < 4.78 is 7.47. The molecule has 0 aliphatic carbocycles. The molecule has 0 radical (unpaired) electrons. The molecule has 4 rings (SSSR count). The number of rotatable bonds is 5. The van der Waals surface area contributed by atoms with E-state index in [9.17, 15) is 4.79 Å². The van der Waals surface area contributed by atoms with E-state index in [0.29, 0.717) is 18.8 Å². The number of carbonyl (C=O) groups excluding carboxylic acids is 1. The number of aromatic nitrogens is 1. The van der Waals surface area contributed by atoms with Crippen LogP contribution in [0.15, 0.2) is 66.0 Å². The van der Waals surface area contributed by atoms with Gasteiger partial charge >= 0.3 is 5.97 Å². The minimum Gasteiger partial charge on any atom is -0.461 e. The number of nitrogens with two attached hydrogens (primary N) is 1. The van der Waals surface area contributed by atoms with Crippen molar-refractivity contribution in [1.82, 2.24) is 4.57 Å². The third kappa shape index (κ3) is 3.22. The van der Waals surface area contributed by atoms with Crippen LogP contribution in [0.3, 0.4) is 0 Å². The number of ether oxygens (including phenoxy) is 1. The highest BCUT2D eigenvalue weighted by Crippen LogP contribution is 2.38. The lowest BCUT2D eigenvalue weighted by atomic mass is 10.1. The molecule has 0 saturated carbocycles. The third-order valence-electron chi connectivity index (χ3n) is 4.53. The van der Waals surface area contributed by atoms with Crippen molar-refractivity contribution in [3.63, 3.8) is 0 Å². The number of anilines is 1. The van der Waals surface area contributed by atoms with E-state index >= 15 is 0 Å². The number of esters is 1. The average Bonchev–Trinajstić information content (AvgIpc) is 3.30. The van der Waals surface area contributed by atoms with E-state index < -0.39 is 0 Å². The molecule has 2 N–H and O–H groups in total. The number of carbonyl (C=O) groups is 1. The molecule has 0 fully saturated rings. The van der Waals surface area contributed by atoms with Gasteiger partial charge in [0.1, 0.15) is 5.69 Å². The maximum atomic E-state index is 12.9. The number of fused-ring (bicyclic) bond motifs is 1. The van der Waals surface area contributed by atoms with Crippen molar-refractivity contribution >= 4 is 33.9 Å². The second-order valence-electron chi connectivity index (χ2n) is 6.27. The van der Waals surface area contributed by atoms with Crippen molar-refractivity contribution in [3.8, 4) is 10.4 Å². The predicted octanol–water partition coefficient (Wildman–Crippen LogP) is 5.18. The number of thiophene rings is 1. The van der Waals surface area contributed by atoms with Crippen molar-refractivity contribution in [3.05, 3.63) is 77.3 Å². The van der Waals surface area contributed by atoms with Gasteiger partial charge in [-0.15, -0.1) is 11.3 Å². The molecule has 4 nitrogen and oxygen atoms in total. The van der Waals surface area contributed by atoms with Crippen LogP contribution in [0.1, 0.15) is 23.0 Å². The average molecular weight is 376 g/mol. The Labute approximate surface area is 161 Å². The van der Waals surface area contributed by atoms with Crippen molar-refractivity contribution < 1.29 is 9.53 Å². The summed E-state index contributed by atoms with van der Waals surface area (Å²) in [6, 6.07) is 19.9. The molecule has 27 heavy (non-hydrogen) atoms. The van der Waals surface area contributed by atoms with E-state index in [0.717, 1.165) is 32.6 Å². The largest absolute Gasteiger partial charge is 0.461 e. The van der Waals surface area contributed by atoms with E-state index in [1.165, 1.54) is 0 Å². The summed E-state index contributed by atoms with van der Waals surface area (Å²) in [7, 11) is 0. The van der Waals surface area contributed by atoms with Gasteiger partial charge in [-0.3, -0.25) is 0 Å². The Hall–Kier alpha value is -3.05. The first-order valence-corrected chi connectivity index (χ1v) is 9.73. The SMILES string of the molecule is CCOC(=O)c1c(-c2cccs2)c2ccccc2n1Cc1ccc(N)cc1. The van der Waals surface area contributed by atoms with Gasteiger partial charge in [0.15, 0.2) is 0 Å². The van der Waals surface area contributed by atoms with Crippen molar-refractivity contribution in [1.29, 1.82) is 0 Å². The second kappa shape index (κ2) is 7.29. The highest BCUT2D eigenvalue weighted by molar-refractivity contribution is 7.13. The summed E-state index contributed by atoms with van der Waals surface area (Å²) in [5, 5.41) is 3.08. The molecule has 2 heterocycles. The standard InChI is InChI=1S/C22H20N2O2S/c1-2-26-22(25)21-20(19-8-5-13-27-19)17-6-3-4-7-18(17)24(21)14-15-9-11-16(23)12-10-15/h3-13H,2,14,23H2,1H3. The zero-order chi connectivity index (χ0) is 18.8. The molecule has 0 saturated heterocycles. The maximum Gasteiger partial charge on any atom is 0.355 e. The number of para-hydroxylation sites is 1. The quantitative estimate of drug-likeness (QED) is 0.386. The molecule has 0 spiro atoms. The number of benzene rings is 2. The fraction of sp³-hybridized carbons (Fsp3) is 0.136. The van der Waals surface area contributed by atoms with Crippen LogP contribution in [0.2, 0.25) is 0 Å². The summed E-state index contributed by atoms with van der Waals surface area (Å²) in [5.41, 5.74) is 10.2. The Bertz CT molecular complexity index is 1080. The number of nitrogens with zero attached hydrogens (tertiary/aromatic N) is 1. The monoisotopic (exact) mass is 376 g/mol. The first-order chi connectivity index (χ1) is 13.2. The number of hydrogen-bond acceptors (Lipinski definition) is 4. The Morgan fingerprint density at radius 1 is 1.07 bits per heavy atom. The minimum atomic E-state index is -0.299. The molecule has 0 unspecified atom stereocenters. The fourth-order valence-corrected chi connectivity index (χ4v) is 4.14. The van der Waals surface area contributed by atoms with Crippen molar-refractivity contribution in [2.45, 2.75) is 13.5 Å². The third-order valence-corrected chi connectivity index (χ3v) is 5.42. The zero-order valence-electron chi connectivity index (χ0n) is 15.0. The molecule has 4 aromatic rings. The lowest BCUT2D eigenvalue weighted by Gasteiger charge is -2.12. The highest BCUT2D eigenvalue weighted by Gasteiger charge is 2.25. The molecule has 0 bridgehead atoms. The van der Waals surface area contributed by atoms with Gasteiger partial charge in [-0.25, -0.2) is 4.79 Å². The van der Waals surface area contributed by atoms with Crippen LogP contribution < -0.4 is 5.73 Å². The van der Waals surface area contributed by atoms with Crippen molar-refractivity contribution in [2.24, 2.45) is 0 Å². The van der Waals surface area contributed by atoms with Crippen LogP contribution in [0, 0.1) is 0 Å². The molecule has 5 heteroatoms. The lowest BCUT2D eigenvalue weighted by Crippen LogP contribution is -2.14. The van der Waals surface area contributed by atoms with Crippen LogP contribution in [0.25, 0.3) is 21.3 Å².